The summed E-state index contributed by atoms with van der Waals surface area (Å²) in [5.74, 6) is 0. The molecule has 0 unspecified atom stereocenters. The quantitative estimate of drug-likeness (QED) is 0.686. The lowest BCUT2D eigenvalue weighted by molar-refractivity contribution is 1.03. The number of H-pyrrole nitrogens is 2. The molecule has 0 radical (unpaired) electrons. The summed E-state index contributed by atoms with van der Waals surface area (Å²) >= 11 is 0. The molecule has 20 heavy (non-hydrogen) atoms. The van der Waals surface area contributed by atoms with Gasteiger partial charge in [0.1, 0.15) is 5.69 Å². The SMILES string of the molecule is O=c1[nH]cc(N=Cc2ccc3ccccc3n2)c(=O)[nH]1. The Morgan fingerprint density at radius 1 is 1.10 bits per heavy atom. The molecule has 1 aromatic carbocycles. The first-order valence-electron chi connectivity index (χ1n) is 5.94. The molecule has 0 bridgehead atoms. The predicted molar refractivity (Wildman–Crippen MR) is 76.7 cm³/mol. The number of aromatic amines is 2. The molecule has 2 heterocycles. The van der Waals surface area contributed by atoms with Gasteiger partial charge in [-0.1, -0.05) is 24.3 Å². The maximum absolute atomic E-state index is 11.5. The Hall–Kier alpha value is -3.02. The first-order chi connectivity index (χ1) is 9.72. The fourth-order valence-corrected chi connectivity index (χ4v) is 1.79. The van der Waals surface area contributed by atoms with Crippen LogP contribution in [0.5, 0.6) is 0 Å². The molecule has 6 heteroatoms. The summed E-state index contributed by atoms with van der Waals surface area (Å²) in [6, 6.07) is 11.5. The van der Waals surface area contributed by atoms with Crippen LogP contribution in [0.3, 0.4) is 0 Å². The van der Waals surface area contributed by atoms with Crippen LogP contribution in [-0.2, 0) is 0 Å². The third kappa shape index (κ3) is 2.39. The minimum atomic E-state index is -0.558. The van der Waals surface area contributed by atoms with Crippen molar-refractivity contribution in [2.24, 2.45) is 4.99 Å². The summed E-state index contributed by atoms with van der Waals surface area (Å²) in [6.07, 6.45) is 2.74. The van der Waals surface area contributed by atoms with Crippen molar-refractivity contribution >= 4 is 22.8 Å². The minimum absolute atomic E-state index is 0.125. The van der Waals surface area contributed by atoms with Crippen molar-refractivity contribution in [3.05, 3.63) is 69.1 Å². The second-order valence-electron chi connectivity index (χ2n) is 4.14. The lowest BCUT2D eigenvalue weighted by atomic mass is 10.2. The molecule has 0 atom stereocenters. The number of hydrogen-bond donors (Lipinski definition) is 2. The normalized spacial score (nSPS) is 11.2. The third-order valence-electron chi connectivity index (χ3n) is 2.76. The van der Waals surface area contributed by atoms with Crippen molar-refractivity contribution in [2.75, 3.05) is 0 Å². The zero-order chi connectivity index (χ0) is 13.9. The van der Waals surface area contributed by atoms with E-state index < -0.39 is 11.2 Å². The smallest absolute Gasteiger partial charge is 0.312 e. The van der Waals surface area contributed by atoms with Gasteiger partial charge in [-0.2, -0.15) is 0 Å². The molecular weight excluding hydrogens is 256 g/mol. The van der Waals surface area contributed by atoms with Crippen LogP contribution in [0.1, 0.15) is 5.69 Å². The van der Waals surface area contributed by atoms with E-state index in [1.165, 1.54) is 12.4 Å². The monoisotopic (exact) mass is 266 g/mol. The summed E-state index contributed by atoms with van der Waals surface area (Å²) < 4.78 is 0. The average Bonchev–Trinajstić information content (AvgIpc) is 2.46. The van der Waals surface area contributed by atoms with Crippen LogP contribution < -0.4 is 11.2 Å². The van der Waals surface area contributed by atoms with Crippen molar-refractivity contribution in [2.45, 2.75) is 0 Å². The number of benzene rings is 1. The highest BCUT2D eigenvalue weighted by Gasteiger charge is 1.98. The van der Waals surface area contributed by atoms with Gasteiger partial charge >= 0.3 is 5.69 Å². The van der Waals surface area contributed by atoms with Crippen molar-refractivity contribution in [3.63, 3.8) is 0 Å². The van der Waals surface area contributed by atoms with Crippen LogP contribution in [0, 0.1) is 0 Å². The molecule has 0 spiro atoms. The van der Waals surface area contributed by atoms with E-state index in [9.17, 15) is 9.59 Å². The topological polar surface area (TPSA) is 91.0 Å². The Morgan fingerprint density at radius 3 is 2.80 bits per heavy atom. The van der Waals surface area contributed by atoms with Crippen LogP contribution in [0.4, 0.5) is 5.69 Å². The number of aromatic nitrogens is 3. The molecule has 0 saturated heterocycles. The van der Waals surface area contributed by atoms with E-state index in [2.05, 4.69) is 19.9 Å². The van der Waals surface area contributed by atoms with E-state index in [0.29, 0.717) is 5.69 Å². The van der Waals surface area contributed by atoms with Gasteiger partial charge in [-0.25, -0.2) is 14.8 Å². The summed E-state index contributed by atoms with van der Waals surface area (Å²) in [4.78, 5) is 35.2. The van der Waals surface area contributed by atoms with Crippen LogP contribution in [0.2, 0.25) is 0 Å². The molecular formula is C14H10N4O2. The van der Waals surface area contributed by atoms with Crippen molar-refractivity contribution in [3.8, 4) is 0 Å². The lowest BCUT2D eigenvalue weighted by Gasteiger charge is -1.97. The Kier molecular flexibility index (Phi) is 2.96. The molecule has 0 fully saturated rings. The molecule has 2 aromatic heterocycles. The Morgan fingerprint density at radius 2 is 1.95 bits per heavy atom. The highest BCUT2D eigenvalue weighted by atomic mass is 16.2. The average molecular weight is 266 g/mol. The predicted octanol–water partition coefficient (Wildman–Crippen LogP) is 1.36. The van der Waals surface area contributed by atoms with Crippen LogP contribution in [0.25, 0.3) is 10.9 Å². The third-order valence-corrected chi connectivity index (χ3v) is 2.76. The van der Waals surface area contributed by atoms with E-state index in [1.807, 2.05) is 36.4 Å². The van der Waals surface area contributed by atoms with Crippen LogP contribution in [-0.4, -0.2) is 21.2 Å². The number of pyridine rings is 1. The summed E-state index contributed by atoms with van der Waals surface area (Å²) in [7, 11) is 0. The summed E-state index contributed by atoms with van der Waals surface area (Å²) in [5, 5.41) is 1.03. The van der Waals surface area contributed by atoms with Crippen molar-refractivity contribution < 1.29 is 0 Å². The first-order valence-corrected chi connectivity index (χ1v) is 5.94. The second-order valence-corrected chi connectivity index (χ2v) is 4.14. The number of hydrogen-bond acceptors (Lipinski definition) is 4. The lowest BCUT2D eigenvalue weighted by Crippen LogP contribution is -2.20. The molecule has 3 aromatic rings. The standard InChI is InChI=1S/C14H10N4O2/c19-13-12(8-16-14(20)18-13)15-7-10-6-5-9-3-1-2-4-11(9)17-10/h1-8H,(H2,16,18,19,20). The molecule has 0 aliphatic carbocycles. The van der Waals surface area contributed by atoms with Gasteiger partial charge in [0.2, 0.25) is 0 Å². The largest absolute Gasteiger partial charge is 0.325 e. The van der Waals surface area contributed by atoms with E-state index >= 15 is 0 Å². The molecule has 0 amide bonds. The number of nitrogens with one attached hydrogen (secondary N) is 2. The highest BCUT2D eigenvalue weighted by Crippen LogP contribution is 2.11. The van der Waals surface area contributed by atoms with Gasteiger partial charge in [0.25, 0.3) is 5.56 Å². The van der Waals surface area contributed by atoms with Crippen molar-refractivity contribution in [1.29, 1.82) is 0 Å². The molecule has 0 saturated carbocycles. The second kappa shape index (κ2) is 4.93. The fraction of sp³-hybridized carbons (Fsp3) is 0. The van der Waals surface area contributed by atoms with Crippen molar-refractivity contribution in [1.82, 2.24) is 15.0 Å². The number of aliphatic imine (C=N–C) groups is 1. The van der Waals surface area contributed by atoms with Gasteiger partial charge < -0.3 is 4.98 Å². The van der Waals surface area contributed by atoms with E-state index in [-0.39, 0.29) is 5.69 Å². The maximum atomic E-state index is 11.5. The Bertz CT molecular complexity index is 908. The summed E-state index contributed by atoms with van der Waals surface area (Å²) in [5.41, 5.74) is 0.518. The number of rotatable bonds is 2. The fourth-order valence-electron chi connectivity index (χ4n) is 1.79. The molecule has 2 N–H and O–H groups in total. The highest BCUT2D eigenvalue weighted by molar-refractivity contribution is 5.85. The van der Waals surface area contributed by atoms with E-state index in [1.54, 1.807) is 0 Å². The molecule has 0 aliphatic heterocycles. The van der Waals surface area contributed by atoms with E-state index in [4.69, 9.17) is 0 Å². The van der Waals surface area contributed by atoms with Gasteiger partial charge in [0.05, 0.1) is 17.4 Å². The molecule has 0 aliphatic rings. The minimum Gasteiger partial charge on any atom is -0.312 e. The van der Waals surface area contributed by atoms with Crippen LogP contribution in [0.15, 0.2) is 57.2 Å². The van der Waals surface area contributed by atoms with Gasteiger partial charge in [-0.05, 0) is 12.1 Å². The van der Waals surface area contributed by atoms with Gasteiger partial charge in [-0.3, -0.25) is 9.78 Å². The maximum Gasteiger partial charge on any atom is 0.325 e. The molecule has 6 nitrogen and oxygen atoms in total. The first kappa shape index (κ1) is 12.0. The Labute approximate surface area is 112 Å². The molecule has 98 valence electrons. The van der Waals surface area contributed by atoms with Gasteiger partial charge in [-0.15, -0.1) is 0 Å². The molecule has 3 rings (SSSR count). The van der Waals surface area contributed by atoms with Crippen LogP contribution >= 0.6 is 0 Å². The zero-order valence-electron chi connectivity index (χ0n) is 10.3. The Balaban J connectivity index is 1.98. The number of para-hydroxylation sites is 1. The number of nitrogens with zero attached hydrogens (tertiary/aromatic N) is 2. The van der Waals surface area contributed by atoms with E-state index in [0.717, 1.165) is 10.9 Å². The van der Waals surface area contributed by atoms with Gasteiger partial charge in [0, 0.05) is 11.6 Å². The van der Waals surface area contributed by atoms with Gasteiger partial charge in [0.15, 0.2) is 0 Å². The number of fused-ring (bicyclic) bond motifs is 1. The zero-order valence-corrected chi connectivity index (χ0v) is 10.3. The summed E-state index contributed by atoms with van der Waals surface area (Å²) in [6.45, 7) is 0.